The molecule has 6 nitrogen and oxygen atoms in total. The molecule has 1 amide bonds. The topological polar surface area (TPSA) is 78.8 Å². The van der Waals surface area contributed by atoms with Gasteiger partial charge in [-0.3, -0.25) is 9.52 Å². The van der Waals surface area contributed by atoms with E-state index >= 15 is 0 Å². The Morgan fingerprint density at radius 2 is 1.90 bits per heavy atom. The molecule has 0 saturated heterocycles. The molecule has 0 spiro atoms. The van der Waals surface area contributed by atoms with Gasteiger partial charge in [0.05, 0.1) is 22.4 Å². The van der Waals surface area contributed by atoms with Gasteiger partial charge in [0.15, 0.2) is 0 Å². The van der Waals surface area contributed by atoms with Crippen molar-refractivity contribution in [3.63, 3.8) is 0 Å². The molecule has 2 heterocycles. The molecule has 2 aromatic carbocycles. The van der Waals surface area contributed by atoms with Crippen LogP contribution in [0.5, 0.6) is 0 Å². The van der Waals surface area contributed by atoms with Crippen LogP contribution in [-0.2, 0) is 10.0 Å². The van der Waals surface area contributed by atoms with Crippen molar-refractivity contribution in [2.75, 3.05) is 10.5 Å². The average molecular weight is 458 g/mol. The Morgan fingerprint density at radius 1 is 1.16 bits per heavy atom. The molecule has 3 aromatic rings. The summed E-state index contributed by atoms with van der Waals surface area (Å²) >= 11 is 1.31. The highest BCUT2D eigenvalue weighted by Gasteiger charge is 2.35. The van der Waals surface area contributed by atoms with Crippen molar-refractivity contribution >= 4 is 38.7 Å². The van der Waals surface area contributed by atoms with Gasteiger partial charge in [0.2, 0.25) is 10.0 Å². The van der Waals surface area contributed by atoms with Gasteiger partial charge in [0.25, 0.3) is 5.91 Å². The second kappa shape index (κ2) is 8.60. The van der Waals surface area contributed by atoms with Crippen LogP contribution in [-0.4, -0.2) is 30.8 Å². The van der Waals surface area contributed by atoms with Gasteiger partial charge in [-0.15, -0.1) is 11.3 Å². The van der Waals surface area contributed by atoms with E-state index in [-0.39, 0.29) is 11.7 Å². The first-order valence-corrected chi connectivity index (χ1v) is 12.2. The third-order valence-corrected chi connectivity index (χ3v) is 7.15. The van der Waals surface area contributed by atoms with Crippen molar-refractivity contribution < 1.29 is 17.6 Å². The van der Waals surface area contributed by atoms with Gasteiger partial charge in [-0.2, -0.15) is 5.10 Å². The molecule has 1 N–H and O–H groups in total. The fourth-order valence-corrected chi connectivity index (χ4v) is 4.65. The van der Waals surface area contributed by atoms with Gasteiger partial charge < -0.3 is 0 Å². The van der Waals surface area contributed by atoms with E-state index in [9.17, 15) is 17.6 Å². The molecule has 0 bridgehead atoms. The van der Waals surface area contributed by atoms with Gasteiger partial charge in [0, 0.05) is 17.7 Å². The third-order valence-electron chi connectivity index (χ3n) is 4.99. The first-order valence-electron chi connectivity index (χ1n) is 9.68. The number of sulfonamides is 1. The van der Waals surface area contributed by atoms with Crippen LogP contribution in [0, 0.1) is 5.82 Å². The Kier molecular flexibility index (Phi) is 5.88. The lowest BCUT2D eigenvalue weighted by Crippen LogP contribution is -2.27. The summed E-state index contributed by atoms with van der Waals surface area (Å²) in [6, 6.07) is 16.1. The van der Waals surface area contributed by atoms with Crippen LogP contribution in [0.2, 0.25) is 0 Å². The number of hydrazone groups is 1. The van der Waals surface area contributed by atoms with E-state index in [1.54, 1.807) is 61.5 Å². The smallest absolute Gasteiger partial charge is 0.284 e. The summed E-state index contributed by atoms with van der Waals surface area (Å²) < 4.78 is 40.6. The summed E-state index contributed by atoms with van der Waals surface area (Å²) in [6.45, 7) is 1.56. The Hall–Kier alpha value is -3.04. The van der Waals surface area contributed by atoms with Crippen molar-refractivity contribution in [3.05, 3.63) is 87.9 Å². The SMILES string of the molecule is CCS(=O)(=O)Nc1ccc(C2=NN(C(=O)c3cccs3)[C@@H](c3ccccc3F)C2)cc1. The zero-order valence-electron chi connectivity index (χ0n) is 16.7. The van der Waals surface area contributed by atoms with Crippen LogP contribution >= 0.6 is 11.3 Å². The second-order valence-electron chi connectivity index (χ2n) is 7.00. The van der Waals surface area contributed by atoms with Crippen molar-refractivity contribution in [1.82, 2.24) is 5.01 Å². The second-order valence-corrected chi connectivity index (χ2v) is 9.96. The van der Waals surface area contributed by atoms with Crippen LogP contribution in [0.4, 0.5) is 10.1 Å². The quantitative estimate of drug-likeness (QED) is 0.586. The molecule has 0 unspecified atom stereocenters. The third kappa shape index (κ3) is 4.52. The number of amides is 1. The van der Waals surface area contributed by atoms with Gasteiger partial charge in [0.1, 0.15) is 5.82 Å². The van der Waals surface area contributed by atoms with Crippen LogP contribution in [0.25, 0.3) is 0 Å². The lowest BCUT2D eigenvalue weighted by molar-refractivity contribution is 0.0713. The average Bonchev–Trinajstić information content (AvgIpc) is 3.45. The molecule has 1 aromatic heterocycles. The monoisotopic (exact) mass is 457 g/mol. The molecule has 1 aliphatic rings. The fourth-order valence-electron chi connectivity index (χ4n) is 3.36. The molecular formula is C22H20FN3O3S2. The van der Waals surface area contributed by atoms with Crippen LogP contribution in [0.15, 0.2) is 71.1 Å². The predicted octanol–water partition coefficient (Wildman–Crippen LogP) is 4.64. The maximum absolute atomic E-state index is 14.5. The largest absolute Gasteiger partial charge is 0.284 e. The molecule has 31 heavy (non-hydrogen) atoms. The highest BCUT2D eigenvalue weighted by atomic mass is 32.2. The molecule has 0 saturated carbocycles. The number of hydrogen-bond donors (Lipinski definition) is 1. The van der Waals surface area contributed by atoms with E-state index in [0.29, 0.717) is 28.3 Å². The molecule has 4 rings (SSSR count). The Labute approximate surface area is 184 Å². The van der Waals surface area contributed by atoms with Crippen molar-refractivity contribution in [2.45, 2.75) is 19.4 Å². The normalized spacial score (nSPS) is 16.3. The number of rotatable bonds is 6. The highest BCUT2D eigenvalue weighted by Crippen LogP contribution is 2.35. The Balaban J connectivity index is 1.66. The maximum atomic E-state index is 14.5. The minimum absolute atomic E-state index is 0.0223. The number of nitrogens with one attached hydrogen (secondary N) is 1. The summed E-state index contributed by atoms with van der Waals surface area (Å²) in [5, 5.41) is 7.68. The summed E-state index contributed by atoms with van der Waals surface area (Å²) in [7, 11) is -3.37. The molecule has 1 atom stereocenters. The zero-order valence-corrected chi connectivity index (χ0v) is 18.3. The van der Waals surface area contributed by atoms with Crippen LogP contribution in [0.1, 0.15) is 40.2 Å². The summed E-state index contributed by atoms with van der Waals surface area (Å²) in [5.41, 5.74) is 2.21. The standard InChI is InChI=1S/C22H20FN3O3S2/c1-2-31(28,29)25-16-11-9-15(10-12-16)19-14-20(17-6-3-4-7-18(17)23)26(24-19)22(27)21-8-5-13-30-21/h3-13,20,25H,2,14H2,1H3/t20-/m1/s1. The number of hydrogen-bond acceptors (Lipinski definition) is 5. The number of thiophene rings is 1. The number of halogens is 1. The first kappa shape index (κ1) is 21.2. The number of carbonyl (C=O) groups excluding carboxylic acids is 1. The molecule has 160 valence electrons. The zero-order chi connectivity index (χ0) is 22.0. The van der Waals surface area contributed by atoms with Crippen LogP contribution in [0.3, 0.4) is 0 Å². The molecule has 1 aliphatic heterocycles. The highest BCUT2D eigenvalue weighted by molar-refractivity contribution is 7.92. The maximum Gasteiger partial charge on any atom is 0.284 e. The lowest BCUT2D eigenvalue weighted by Gasteiger charge is -2.21. The van der Waals surface area contributed by atoms with Crippen molar-refractivity contribution in [2.24, 2.45) is 5.10 Å². The first-order chi connectivity index (χ1) is 14.9. The van der Waals surface area contributed by atoms with E-state index in [4.69, 9.17) is 0 Å². The van der Waals surface area contributed by atoms with E-state index in [0.717, 1.165) is 5.56 Å². The van der Waals surface area contributed by atoms with Crippen molar-refractivity contribution in [3.8, 4) is 0 Å². The number of benzene rings is 2. The number of nitrogens with zero attached hydrogens (tertiary/aromatic N) is 2. The van der Waals surface area contributed by atoms with Gasteiger partial charge in [-0.05, 0) is 42.1 Å². The Morgan fingerprint density at radius 3 is 2.55 bits per heavy atom. The van der Waals surface area contributed by atoms with E-state index in [2.05, 4.69) is 9.82 Å². The molecule has 0 radical (unpaired) electrons. The molecule has 9 heteroatoms. The fraction of sp³-hybridized carbons (Fsp3) is 0.182. The van der Waals surface area contributed by atoms with Crippen LogP contribution < -0.4 is 4.72 Å². The summed E-state index contributed by atoms with van der Waals surface area (Å²) in [4.78, 5) is 13.6. The van der Waals surface area contributed by atoms with Gasteiger partial charge in [-0.1, -0.05) is 36.4 Å². The predicted molar refractivity (Wildman–Crippen MR) is 120 cm³/mol. The van der Waals surface area contributed by atoms with Gasteiger partial charge >= 0.3 is 0 Å². The summed E-state index contributed by atoms with van der Waals surface area (Å²) in [5.74, 6) is -0.700. The number of anilines is 1. The number of carbonyl (C=O) groups is 1. The van der Waals surface area contributed by atoms with Gasteiger partial charge in [-0.25, -0.2) is 17.8 Å². The van der Waals surface area contributed by atoms with E-state index < -0.39 is 21.9 Å². The van der Waals surface area contributed by atoms with E-state index in [1.807, 2.05) is 5.38 Å². The molecule has 0 aliphatic carbocycles. The Bertz CT molecular complexity index is 1220. The minimum Gasteiger partial charge on any atom is -0.284 e. The summed E-state index contributed by atoms with van der Waals surface area (Å²) in [6.07, 6.45) is 0.345. The molecular weight excluding hydrogens is 437 g/mol. The molecule has 0 fully saturated rings. The minimum atomic E-state index is -3.37. The van der Waals surface area contributed by atoms with E-state index in [1.165, 1.54) is 22.4 Å². The lowest BCUT2D eigenvalue weighted by atomic mass is 9.98. The van der Waals surface area contributed by atoms with Crippen molar-refractivity contribution in [1.29, 1.82) is 0 Å².